The molecule has 0 aromatic heterocycles. The average molecular weight is 283 g/mol. The minimum Gasteiger partial charge on any atom is -0.443 e. The van der Waals surface area contributed by atoms with Gasteiger partial charge >= 0.3 is 6.09 Å². The van der Waals surface area contributed by atoms with Crippen molar-refractivity contribution >= 4 is 12.0 Å². The zero-order chi connectivity index (χ0) is 14.8. The summed E-state index contributed by atoms with van der Waals surface area (Å²) >= 11 is 0. The lowest BCUT2D eigenvalue weighted by Gasteiger charge is -2.36. The third kappa shape index (κ3) is 4.10. The van der Waals surface area contributed by atoms with E-state index in [4.69, 9.17) is 4.74 Å². The predicted molar refractivity (Wildman–Crippen MR) is 74.8 cm³/mol. The van der Waals surface area contributed by atoms with Crippen molar-refractivity contribution in [3.8, 4) is 0 Å². The van der Waals surface area contributed by atoms with Gasteiger partial charge in [-0.2, -0.15) is 0 Å². The largest absolute Gasteiger partial charge is 0.443 e. The van der Waals surface area contributed by atoms with Gasteiger partial charge in [-0.1, -0.05) is 0 Å². The number of carbonyl (C=O) groups is 2. The van der Waals surface area contributed by atoms with E-state index in [0.717, 1.165) is 32.2 Å². The summed E-state index contributed by atoms with van der Waals surface area (Å²) in [5, 5.41) is 2.92. The summed E-state index contributed by atoms with van der Waals surface area (Å²) in [5.74, 6) is 0.170. The van der Waals surface area contributed by atoms with Crippen LogP contribution in [0.25, 0.3) is 0 Å². The van der Waals surface area contributed by atoms with Gasteiger partial charge in [0.15, 0.2) is 0 Å². The molecule has 1 aliphatic heterocycles. The Kier molecular flexibility index (Phi) is 4.22. The molecule has 20 heavy (non-hydrogen) atoms. The molecule has 0 unspecified atom stereocenters. The van der Waals surface area contributed by atoms with Crippen LogP contribution < -0.4 is 16.2 Å². The number of hydrogen-bond acceptors (Lipinski definition) is 4. The maximum Gasteiger partial charge on any atom is 0.422 e. The van der Waals surface area contributed by atoms with E-state index in [1.54, 1.807) is 0 Å². The van der Waals surface area contributed by atoms with Gasteiger partial charge in [-0.05, 0) is 51.9 Å². The molecule has 3 N–H and O–H groups in total. The Labute approximate surface area is 120 Å². The fourth-order valence-electron chi connectivity index (χ4n) is 2.94. The quantitative estimate of drug-likeness (QED) is 0.670. The first-order valence-corrected chi connectivity index (χ1v) is 7.29. The van der Waals surface area contributed by atoms with Crippen molar-refractivity contribution < 1.29 is 14.3 Å². The highest BCUT2D eigenvalue weighted by Crippen LogP contribution is 2.41. The average Bonchev–Trinajstić information content (AvgIpc) is 2.68. The Hall–Kier alpha value is -1.30. The Morgan fingerprint density at radius 3 is 2.50 bits per heavy atom. The van der Waals surface area contributed by atoms with Gasteiger partial charge in [0.05, 0.1) is 0 Å². The highest BCUT2D eigenvalue weighted by atomic mass is 16.6. The summed E-state index contributed by atoms with van der Waals surface area (Å²) in [5.41, 5.74) is 5.30. The fraction of sp³-hybridized carbons (Fsp3) is 0.857. The van der Waals surface area contributed by atoms with Gasteiger partial charge < -0.3 is 10.1 Å². The summed E-state index contributed by atoms with van der Waals surface area (Å²) < 4.78 is 5.17. The smallest absolute Gasteiger partial charge is 0.422 e. The maximum absolute atomic E-state index is 11.5. The SMILES string of the molecule is CC(C)(C)OC(=O)NNC1CCC2(CC1)CNC(=O)C2. The van der Waals surface area contributed by atoms with Crippen LogP contribution in [-0.2, 0) is 9.53 Å². The van der Waals surface area contributed by atoms with Crippen LogP contribution in [0.2, 0.25) is 0 Å². The molecule has 114 valence electrons. The van der Waals surface area contributed by atoms with Crippen molar-refractivity contribution in [3.05, 3.63) is 0 Å². The van der Waals surface area contributed by atoms with Gasteiger partial charge in [-0.3, -0.25) is 10.2 Å². The number of ether oxygens (including phenoxy) is 1. The molecule has 6 nitrogen and oxygen atoms in total. The van der Waals surface area contributed by atoms with Gasteiger partial charge in [0.2, 0.25) is 5.91 Å². The van der Waals surface area contributed by atoms with E-state index in [-0.39, 0.29) is 17.4 Å². The van der Waals surface area contributed by atoms with Crippen LogP contribution in [0.4, 0.5) is 4.79 Å². The molecule has 1 aliphatic carbocycles. The molecule has 0 radical (unpaired) electrons. The summed E-state index contributed by atoms with van der Waals surface area (Å²) in [4.78, 5) is 22.9. The molecule has 0 atom stereocenters. The van der Waals surface area contributed by atoms with Crippen LogP contribution in [-0.4, -0.2) is 30.2 Å². The molecule has 0 aromatic carbocycles. The van der Waals surface area contributed by atoms with E-state index in [1.807, 2.05) is 20.8 Å². The summed E-state index contributed by atoms with van der Waals surface area (Å²) in [6, 6.07) is 0.254. The van der Waals surface area contributed by atoms with Crippen LogP contribution in [0.3, 0.4) is 0 Å². The van der Waals surface area contributed by atoms with Crippen molar-refractivity contribution in [2.45, 2.75) is 64.5 Å². The molecule has 2 rings (SSSR count). The number of carbonyl (C=O) groups excluding carboxylic acids is 2. The van der Waals surface area contributed by atoms with E-state index in [9.17, 15) is 9.59 Å². The molecule has 1 spiro atoms. The van der Waals surface area contributed by atoms with Gasteiger partial charge in [-0.15, -0.1) is 0 Å². The first-order valence-electron chi connectivity index (χ1n) is 7.29. The molecule has 1 saturated heterocycles. The number of rotatable bonds is 2. The number of nitrogens with one attached hydrogen (secondary N) is 3. The second-order valence-electron chi connectivity index (χ2n) is 7.00. The molecule has 0 aromatic rings. The van der Waals surface area contributed by atoms with Gasteiger partial charge in [0.1, 0.15) is 5.60 Å². The van der Waals surface area contributed by atoms with Gasteiger partial charge in [0, 0.05) is 19.0 Å². The molecule has 1 heterocycles. The highest BCUT2D eigenvalue weighted by molar-refractivity contribution is 5.79. The maximum atomic E-state index is 11.5. The predicted octanol–water partition coefficient (Wildman–Crippen LogP) is 1.46. The Morgan fingerprint density at radius 1 is 1.35 bits per heavy atom. The van der Waals surface area contributed by atoms with Crippen LogP contribution in [0.1, 0.15) is 52.9 Å². The normalized spacial score (nSPS) is 30.1. The number of hydrogen-bond donors (Lipinski definition) is 3. The lowest BCUT2D eigenvalue weighted by Crippen LogP contribution is -2.48. The van der Waals surface area contributed by atoms with Crippen molar-refractivity contribution in [3.63, 3.8) is 0 Å². The zero-order valence-electron chi connectivity index (χ0n) is 12.5. The van der Waals surface area contributed by atoms with Crippen molar-refractivity contribution in [1.29, 1.82) is 0 Å². The molecular weight excluding hydrogens is 258 g/mol. The van der Waals surface area contributed by atoms with Crippen molar-refractivity contribution in [2.24, 2.45) is 5.41 Å². The number of hydrazine groups is 1. The van der Waals surface area contributed by atoms with Crippen LogP contribution in [0.5, 0.6) is 0 Å². The molecule has 0 bridgehead atoms. The second kappa shape index (κ2) is 5.60. The lowest BCUT2D eigenvalue weighted by molar-refractivity contribution is -0.119. The Balaban J connectivity index is 1.70. The zero-order valence-corrected chi connectivity index (χ0v) is 12.5. The number of amides is 2. The lowest BCUT2D eigenvalue weighted by atomic mass is 9.72. The minimum atomic E-state index is -0.488. The second-order valence-corrected chi connectivity index (χ2v) is 7.00. The molecule has 2 fully saturated rings. The molecule has 1 saturated carbocycles. The Morgan fingerprint density at radius 2 is 2.00 bits per heavy atom. The summed E-state index contributed by atoms with van der Waals surface area (Å²) in [7, 11) is 0. The van der Waals surface area contributed by atoms with Crippen LogP contribution >= 0.6 is 0 Å². The topological polar surface area (TPSA) is 79.5 Å². The fourth-order valence-corrected chi connectivity index (χ4v) is 2.94. The van der Waals surface area contributed by atoms with Gasteiger partial charge in [-0.25, -0.2) is 10.2 Å². The van der Waals surface area contributed by atoms with Crippen molar-refractivity contribution in [1.82, 2.24) is 16.2 Å². The standard InChI is InChI=1S/C14H25N3O3/c1-13(2,3)20-12(19)17-16-10-4-6-14(7-5-10)8-11(18)15-9-14/h10,16H,4-9H2,1-3H3,(H,15,18)(H,17,19). The molecule has 2 amide bonds. The molecular formula is C14H25N3O3. The van der Waals surface area contributed by atoms with E-state index in [1.165, 1.54) is 0 Å². The van der Waals surface area contributed by atoms with Crippen molar-refractivity contribution in [2.75, 3.05) is 6.54 Å². The monoisotopic (exact) mass is 283 g/mol. The summed E-state index contributed by atoms with van der Waals surface area (Å²) in [6.07, 6.45) is 4.16. The first kappa shape index (κ1) is 15.1. The highest BCUT2D eigenvalue weighted by Gasteiger charge is 2.41. The Bertz CT molecular complexity index is 382. The third-order valence-corrected chi connectivity index (χ3v) is 4.02. The first-order chi connectivity index (χ1) is 9.28. The van der Waals surface area contributed by atoms with E-state index in [0.29, 0.717) is 6.42 Å². The summed E-state index contributed by atoms with van der Waals surface area (Å²) in [6.45, 7) is 6.31. The van der Waals surface area contributed by atoms with E-state index >= 15 is 0 Å². The van der Waals surface area contributed by atoms with E-state index in [2.05, 4.69) is 16.2 Å². The third-order valence-electron chi connectivity index (χ3n) is 4.02. The molecule has 6 heteroatoms. The van der Waals surface area contributed by atoms with E-state index < -0.39 is 11.7 Å². The minimum absolute atomic E-state index is 0.154. The molecule has 2 aliphatic rings. The van der Waals surface area contributed by atoms with Crippen LogP contribution in [0.15, 0.2) is 0 Å². The van der Waals surface area contributed by atoms with Gasteiger partial charge in [0.25, 0.3) is 0 Å². The van der Waals surface area contributed by atoms with Crippen LogP contribution in [0, 0.1) is 5.41 Å².